The van der Waals surface area contributed by atoms with Crippen molar-refractivity contribution in [2.75, 3.05) is 4.90 Å². The minimum absolute atomic E-state index is 0.117. The number of imide groups is 1. The topological polar surface area (TPSA) is 115 Å². The smallest absolute Gasteiger partial charge is 0.290 e. The van der Waals surface area contributed by atoms with Gasteiger partial charge in [-0.25, -0.2) is 9.88 Å². The van der Waals surface area contributed by atoms with Crippen LogP contribution >= 0.6 is 22.9 Å². The fraction of sp³-hybridized carbons (Fsp3) is 0.360. The first-order valence-corrected chi connectivity index (χ1v) is 12.9. The summed E-state index contributed by atoms with van der Waals surface area (Å²) >= 11 is 7.46. The van der Waals surface area contributed by atoms with E-state index in [-0.39, 0.29) is 36.8 Å². The molecule has 184 valence electrons. The lowest BCUT2D eigenvalue weighted by molar-refractivity contribution is -0.134. The van der Waals surface area contributed by atoms with Crippen LogP contribution in [0.5, 0.6) is 0 Å². The van der Waals surface area contributed by atoms with E-state index in [2.05, 4.69) is 4.98 Å². The molecule has 2 aromatic heterocycles. The summed E-state index contributed by atoms with van der Waals surface area (Å²) in [5, 5.41) is 11.7. The first kappa shape index (κ1) is 22.2. The average Bonchev–Trinajstić information content (AvgIpc) is 3.60. The summed E-state index contributed by atoms with van der Waals surface area (Å²) in [7, 11) is 0. The molecule has 36 heavy (non-hydrogen) atoms. The van der Waals surface area contributed by atoms with Crippen LogP contribution in [0.2, 0.25) is 5.02 Å². The molecule has 0 unspecified atom stereocenters. The quantitative estimate of drug-likeness (QED) is 0.406. The highest BCUT2D eigenvalue weighted by molar-refractivity contribution is 7.16. The molecule has 1 N–H and O–H groups in total. The summed E-state index contributed by atoms with van der Waals surface area (Å²) in [6.07, 6.45) is -0.521. The maximum absolute atomic E-state index is 13.8. The Morgan fingerprint density at radius 2 is 1.97 bits per heavy atom. The van der Waals surface area contributed by atoms with Crippen LogP contribution in [0.4, 0.5) is 5.69 Å². The van der Waals surface area contributed by atoms with Crippen LogP contribution in [-0.4, -0.2) is 44.0 Å². The highest BCUT2D eigenvalue weighted by atomic mass is 35.5. The number of hydrogen-bond donors (Lipinski definition) is 1. The normalized spacial score (nSPS) is 31.3. The van der Waals surface area contributed by atoms with Gasteiger partial charge in [-0.15, -0.1) is 11.3 Å². The number of carbonyl (C=O) groups is 2. The number of aliphatic hydroxyl groups excluding tert-OH is 1. The Kier molecular flexibility index (Phi) is 4.47. The number of amides is 2. The first-order chi connectivity index (χ1) is 17.2. The zero-order valence-electron chi connectivity index (χ0n) is 19.0. The van der Waals surface area contributed by atoms with Gasteiger partial charge >= 0.3 is 0 Å². The molecule has 0 spiro atoms. The zero-order chi connectivity index (χ0) is 25.0. The molecule has 2 bridgehead atoms. The lowest BCUT2D eigenvalue weighted by atomic mass is 9.66. The number of rotatable bonds is 4. The molecular formula is C25H20ClN3O6S. The van der Waals surface area contributed by atoms with Crippen molar-refractivity contribution < 1.29 is 24.0 Å². The molecule has 2 amide bonds. The molecule has 7 rings (SSSR count). The largest absolute Gasteiger partial charge is 0.390 e. The number of aliphatic hydroxyl groups is 1. The van der Waals surface area contributed by atoms with E-state index in [1.165, 1.54) is 21.0 Å². The number of fused-ring (bicyclic) bond motifs is 7. The summed E-state index contributed by atoms with van der Waals surface area (Å²) in [6, 6.07) is 10.1. The lowest BCUT2D eigenvalue weighted by Crippen LogP contribution is -2.49. The van der Waals surface area contributed by atoms with Crippen LogP contribution in [0.15, 0.2) is 51.2 Å². The van der Waals surface area contributed by atoms with Crippen molar-refractivity contribution in [1.29, 1.82) is 0 Å². The molecular weight excluding hydrogens is 506 g/mol. The van der Waals surface area contributed by atoms with Gasteiger partial charge in [0.25, 0.3) is 5.56 Å². The Hall–Kier alpha value is -3.05. The number of aromatic nitrogens is 2. The van der Waals surface area contributed by atoms with E-state index in [1.54, 1.807) is 48.8 Å². The highest BCUT2D eigenvalue weighted by Gasteiger charge is 2.76. The number of thiazole rings is 1. The average molecular weight is 526 g/mol. The summed E-state index contributed by atoms with van der Waals surface area (Å²) in [5.41, 5.74) is 0.744. The van der Waals surface area contributed by atoms with Gasteiger partial charge in [-0.05, 0) is 49.7 Å². The predicted molar refractivity (Wildman–Crippen MR) is 132 cm³/mol. The molecule has 3 saturated heterocycles. The second kappa shape index (κ2) is 7.25. The van der Waals surface area contributed by atoms with Crippen molar-refractivity contribution in [3.05, 3.63) is 57.3 Å². The monoisotopic (exact) mass is 525 g/mol. The molecule has 11 heteroatoms. The van der Waals surface area contributed by atoms with E-state index < -0.39 is 29.1 Å². The molecule has 3 aliphatic heterocycles. The summed E-state index contributed by atoms with van der Waals surface area (Å²) in [6.45, 7) is 1.81. The van der Waals surface area contributed by atoms with Gasteiger partial charge in [-0.2, -0.15) is 4.74 Å². The Morgan fingerprint density at radius 3 is 2.81 bits per heavy atom. The van der Waals surface area contributed by atoms with Crippen LogP contribution in [0.25, 0.3) is 21.2 Å². The van der Waals surface area contributed by atoms with Crippen molar-refractivity contribution in [1.82, 2.24) is 9.72 Å². The highest BCUT2D eigenvalue weighted by Crippen LogP contribution is 2.62. The maximum Gasteiger partial charge on any atom is 0.290 e. The Labute approximate surface area is 212 Å². The Balaban J connectivity index is 1.25. The SMILES string of the molecule is C[C@@]12O[C@@](CCn3oc4ccc(Cl)cc4c3=O)(C[C@H]1O)[C@@H]1C(=O)N(c3ccc4ncsc4c3)C(=O)[C@@H]12. The van der Waals surface area contributed by atoms with Gasteiger partial charge in [0.2, 0.25) is 11.8 Å². The van der Waals surface area contributed by atoms with Crippen molar-refractivity contribution in [3.8, 4) is 0 Å². The molecule has 3 aliphatic rings. The molecule has 4 aromatic rings. The van der Waals surface area contributed by atoms with Gasteiger partial charge in [0.05, 0.1) is 56.9 Å². The third-order valence-electron chi connectivity index (χ3n) is 8.03. The van der Waals surface area contributed by atoms with E-state index in [0.717, 1.165) is 10.2 Å². The number of hydrogen-bond acceptors (Lipinski definition) is 8. The van der Waals surface area contributed by atoms with E-state index in [9.17, 15) is 19.5 Å². The third-order valence-corrected chi connectivity index (χ3v) is 9.06. The zero-order valence-corrected chi connectivity index (χ0v) is 20.6. The van der Waals surface area contributed by atoms with E-state index in [4.69, 9.17) is 20.9 Å². The van der Waals surface area contributed by atoms with Gasteiger partial charge in [-0.3, -0.25) is 14.4 Å². The maximum atomic E-state index is 13.8. The van der Waals surface area contributed by atoms with Crippen molar-refractivity contribution in [2.45, 2.75) is 43.6 Å². The number of benzene rings is 2. The molecule has 5 heterocycles. The molecule has 2 aromatic carbocycles. The second-order valence-electron chi connectivity index (χ2n) is 9.93. The van der Waals surface area contributed by atoms with Gasteiger partial charge in [0, 0.05) is 11.4 Å². The standard InChI is InChI=1S/C25H20ClN3O6S/c1-24-18(30)10-25(35-24,6-7-28-21(31)14-8-12(26)2-5-16(14)34-28)20-19(24)22(32)29(23(20)33)13-3-4-15-17(9-13)36-11-27-15/h2-5,8-9,11,18-20,30H,6-7,10H2,1H3/t18-,19-,20+,24-,25+/m1/s1. The van der Waals surface area contributed by atoms with Crippen molar-refractivity contribution in [3.63, 3.8) is 0 Å². The van der Waals surface area contributed by atoms with Crippen LogP contribution in [0.3, 0.4) is 0 Å². The minimum atomic E-state index is -1.20. The molecule has 9 nitrogen and oxygen atoms in total. The van der Waals surface area contributed by atoms with Gasteiger partial charge in [0.15, 0.2) is 5.58 Å². The molecule has 5 atom stereocenters. The Morgan fingerprint density at radius 1 is 1.17 bits per heavy atom. The van der Waals surface area contributed by atoms with Crippen LogP contribution in [-0.2, 0) is 20.9 Å². The molecule has 0 saturated carbocycles. The number of ether oxygens (including phenoxy) is 1. The van der Waals surface area contributed by atoms with Gasteiger partial charge < -0.3 is 14.4 Å². The van der Waals surface area contributed by atoms with E-state index in [1.807, 2.05) is 0 Å². The van der Waals surface area contributed by atoms with Gasteiger partial charge in [0.1, 0.15) is 5.60 Å². The Bertz CT molecular complexity index is 1660. The summed E-state index contributed by atoms with van der Waals surface area (Å²) in [5.74, 6) is -2.33. The first-order valence-electron chi connectivity index (χ1n) is 11.6. The van der Waals surface area contributed by atoms with E-state index in [0.29, 0.717) is 21.7 Å². The number of nitrogens with zero attached hydrogens (tertiary/aromatic N) is 3. The summed E-state index contributed by atoms with van der Waals surface area (Å²) < 4.78 is 14.2. The van der Waals surface area contributed by atoms with Crippen molar-refractivity contribution in [2.24, 2.45) is 11.8 Å². The fourth-order valence-corrected chi connectivity index (χ4v) is 7.23. The van der Waals surface area contributed by atoms with Crippen molar-refractivity contribution >= 4 is 61.6 Å². The number of anilines is 1. The lowest BCUT2D eigenvalue weighted by Gasteiger charge is -2.33. The third kappa shape index (κ3) is 2.78. The predicted octanol–water partition coefficient (Wildman–Crippen LogP) is 3.35. The van der Waals surface area contributed by atoms with Crippen LogP contribution in [0.1, 0.15) is 19.8 Å². The van der Waals surface area contributed by atoms with Crippen LogP contribution in [0, 0.1) is 11.8 Å². The fourth-order valence-electron chi connectivity index (χ4n) is 6.34. The minimum Gasteiger partial charge on any atom is -0.390 e. The number of aryl methyl sites for hydroxylation is 1. The molecule has 3 fully saturated rings. The van der Waals surface area contributed by atoms with Gasteiger partial charge in [-0.1, -0.05) is 11.6 Å². The molecule has 0 radical (unpaired) electrons. The van der Waals surface area contributed by atoms with E-state index >= 15 is 0 Å². The number of carbonyl (C=O) groups excluding carboxylic acids is 2. The van der Waals surface area contributed by atoms with Crippen LogP contribution < -0.4 is 10.5 Å². The second-order valence-corrected chi connectivity index (χ2v) is 11.3. The number of halogens is 1. The molecule has 0 aliphatic carbocycles. The summed E-state index contributed by atoms with van der Waals surface area (Å²) in [4.78, 5) is 45.8.